The fraction of sp³-hybridized carbons (Fsp3) is 0.438. The SMILES string of the molecule is CC(=O)OC1NO[C@H](COC(=O)c2ccccc2)C[C@@H]1OC(C)=O. The summed E-state index contributed by atoms with van der Waals surface area (Å²) in [7, 11) is 0. The Bertz CT molecular complexity index is 589. The standard InChI is InChI=1S/C16H19NO7/c1-10(18)22-14-8-13(24-17-15(14)23-11(2)19)9-21-16(20)12-6-4-3-5-7-12/h3-7,13-15,17H,8-9H2,1-2H3/t13-,14-,15?/m0/s1. The molecule has 1 unspecified atom stereocenters. The van der Waals surface area contributed by atoms with Gasteiger partial charge in [-0.2, -0.15) is 5.48 Å². The third-order valence-corrected chi connectivity index (χ3v) is 3.20. The van der Waals surface area contributed by atoms with E-state index in [1.807, 2.05) is 0 Å². The number of nitrogens with one attached hydrogen (secondary N) is 1. The number of carbonyl (C=O) groups is 3. The first-order chi connectivity index (χ1) is 11.5. The van der Waals surface area contributed by atoms with Crippen LogP contribution in [0.2, 0.25) is 0 Å². The lowest BCUT2D eigenvalue weighted by Gasteiger charge is -2.34. The highest BCUT2D eigenvalue weighted by molar-refractivity contribution is 5.89. The van der Waals surface area contributed by atoms with Crippen molar-refractivity contribution in [2.75, 3.05) is 6.61 Å². The van der Waals surface area contributed by atoms with Gasteiger partial charge >= 0.3 is 17.9 Å². The molecule has 0 aromatic heterocycles. The molecule has 1 saturated heterocycles. The topological polar surface area (TPSA) is 100 Å². The van der Waals surface area contributed by atoms with Crippen LogP contribution in [0.5, 0.6) is 0 Å². The van der Waals surface area contributed by atoms with Gasteiger partial charge < -0.3 is 14.2 Å². The summed E-state index contributed by atoms with van der Waals surface area (Å²) in [5.74, 6) is -1.53. The molecular weight excluding hydrogens is 318 g/mol. The summed E-state index contributed by atoms with van der Waals surface area (Å²) in [6, 6.07) is 8.54. The summed E-state index contributed by atoms with van der Waals surface area (Å²) in [5, 5.41) is 0. The van der Waals surface area contributed by atoms with Crippen molar-refractivity contribution in [2.45, 2.75) is 38.7 Å². The molecule has 1 aromatic rings. The van der Waals surface area contributed by atoms with Crippen molar-refractivity contribution in [3.8, 4) is 0 Å². The molecule has 8 heteroatoms. The van der Waals surface area contributed by atoms with Gasteiger partial charge in [0.25, 0.3) is 0 Å². The first-order valence-electron chi connectivity index (χ1n) is 7.43. The van der Waals surface area contributed by atoms with E-state index in [4.69, 9.17) is 19.0 Å². The molecule has 8 nitrogen and oxygen atoms in total. The molecule has 0 spiro atoms. The summed E-state index contributed by atoms with van der Waals surface area (Å²) in [4.78, 5) is 39.5. The predicted molar refractivity (Wildman–Crippen MR) is 80.5 cm³/mol. The normalized spacial score (nSPS) is 23.2. The van der Waals surface area contributed by atoms with Crippen LogP contribution in [0, 0.1) is 0 Å². The minimum Gasteiger partial charge on any atom is -0.459 e. The first kappa shape index (κ1) is 17.9. The van der Waals surface area contributed by atoms with E-state index in [2.05, 4.69) is 5.48 Å². The van der Waals surface area contributed by atoms with Crippen LogP contribution in [0.25, 0.3) is 0 Å². The predicted octanol–water partition coefficient (Wildman–Crippen LogP) is 0.958. The Morgan fingerprint density at radius 2 is 1.79 bits per heavy atom. The number of carbonyl (C=O) groups excluding carboxylic acids is 3. The largest absolute Gasteiger partial charge is 0.459 e. The second-order valence-corrected chi connectivity index (χ2v) is 5.24. The number of esters is 3. The average molecular weight is 337 g/mol. The molecule has 1 N–H and O–H groups in total. The van der Waals surface area contributed by atoms with Gasteiger partial charge in [0.2, 0.25) is 6.23 Å². The molecule has 1 aliphatic heterocycles. The molecule has 0 radical (unpaired) electrons. The van der Waals surface area contributed by atoms with Crippen molar-refractivity contribution in [1.29, 1.82) is 0 Å². The van der Waals surface area contributed by atoms with Gasteiger partial charge in [-0.25, -0.2) is 4.79 Å². The Kier molecular flexibility index (Phi) is 6.28. The number of hydroxylamine groups is 1. The van der Waals surface area contributed by atoms with E-state index < -0.39 is 36.3 Å². The number of benzene rings is 1. The van der Waals surface area contributed by atoms with Crippen molar-refractivity contribution >= 4 is 17.9 Å². The Morgan fingerprint density at radius 1 is 1.12 bits per heavy atom. The fourth-order valence-electron chi connectivity index (χ4n) is 2.20. The molecule has 3 atom stereocenters. The minimum absolute atomic E-state index is 0.0364. The van der Waals surface area contributed by atoms with Gasteiger partial charge in [-0.1, -0.05) is 18.2 Å². The lowest BCUT2D eigenvalue weighted by Crippen LogP contribution is -2.53. The van der Waals surface area contributed by atoms with Crippen LogP contribution in [0.15, 0.2) is 30.3 Å². The van der Waals surface area contributed by atoms with Crippen LogP contribution in [0.4, 0.5) is 0 Å². The molecular formula is C16H19NO7. The van der Waals surface area contributed by atoms with E-state index in [9.17, 15) is 14.4 Å². The number of rotatable bonds is 5. The summed E-state index contributed by atoms with van der Waals surface area (Å²) in [6.07, 6.45) is -1.98. The van der Waals surface area contributed by atoms with Crippen LogP contribution in [-0.4, -0.2) is 43.0 Å². The summed E-state index contributed by atoms with van der Waals surface area (Å²) >= 11 is 0. The van der Waals surface area contributed by atoms with Crippen molar-refractivity contribution < 1.29 is 33.4 Å². The summed E-state index contributed by atoms with van der Waals surface area (Å²) < 4.78 is 15.3. The van der Waals surface area contributed by atoms with Crippen LogP contribution in [0.1, 0.15) is 30.6 Å². The van der Waals surface area contributed by atoms with Crippen molar-refractivity contribution in [1.82, 2.24) is 5.48 Å². The van der Waals surface area contributed by atoms with Crippen molar-refractivity contribution in [2.24, 2.45) is 0 Å². The van der Waals surface area contributed by atoms with Gasteiger partial charge in [-0.15, -0.1) is 0 Å². The molecule has 0 aliphatic carbocycles. The molecule has 0 bridgehead atoms. The smallest absolute Gasteiger partial charge is 0.338 e. The van der Waals surface area contributed by atoms with Gasteiger partial charge in [0.05, 0.1) is 5.56 Å². The van der Waals surface area contributed by atoms with Crippen LogP contribution < -0.4 is 5.48 Å². The number of hydrogen-bond acceptors (Lipinski definition) is 8. The highest BCUT2D eigenvalue weighted by Crippen LogP contribution is 2.18. The maximum Gasteiger partial charge on any atom is 0.338 e. The Morgan fingerprint density at radius 3 is 2.42 bits per heavy atom. The molecule has 0 amide bonds. The summed E-state index contributed by atoms with van der Waals surface area (Å²) in [6.45, 7) is 2.45. The molecule has 130 valence electrons. The highest BCUT2D eigenvalue weighted by atomic mass is 16.7. The average Bonchev–Trinajstić information content (AvgIpc) is 2.54. The van der Waals surface area contributed by atoms with E-state index in [1.165, 1.54) is 13.8 Å². The molecule has 1 heterocycles. The van der Waals surface area contributed by atoms with Gasteiger partial charge in [-0.3, -0.25) is 14.4 Å². The number of ether oxygens (including phenoxy) is 3. The summed E-state index contributed by atoms with van der Waals surface area (Å²) in [5.41, 5.74) is 2.93. The lowest BCUT2D eigenvalue weighted by molar-refractivity contribution is -0.220. The second-order valence-electron chi connectivity index (χ2n) is 5.24. The van der Waals surface area contributed by atoms with Crippen LogP contribution >= 0.6 is 0 Å². The van der Waals surface area contributed by atoms with Gasteiger partial charge in [0.15, 0.2) is 6.10 Å². The Hall–Kier alpha value is -2.45. The zero-order valence-electron chi connectivity index (χ0n) is 13.4. The lowest BCUT2D eigenvalue weighted by atomic mass is 10.1. The molecule has 1 aliphatic rings. The van der Waals surface area contributed by atoms with E-state index in [0.717, 1.165) is 0 Å². The maximum absolute atomic E-state index is 11.9. The number of hydrogen-bond donors (Lipinski definition) is 1. The third-order valence-electron chi connectivity index (χ3n) is 3.20. The maximum atomic E-state index is 11.9. The van der Waals surface area contributed by atoms with Crippen LogP contribution in [-0.2, 0) is 28.6 Å². The van der Waals surface area contributed by atoms with E-state index in [0.29, 0.717) is 5.56 Å². The van der Waals surface area contributed by atoms with E-state index >= 15 is 0 Å². The van der Waals surface area contributed by atoms with E-state index in [-0.39, 0.29) is 13.0 Å². The van der Waals surface area contributed by atoms with Crippen molar-refractivity contribution in [3.05, 3.63) is 35.9 Å². The van der Waals surface area contributed by atoms with Gasteiger partial charge in [0, 0.05) is 20.3 Å². The quantitative estimate of drug-likeness (QED) is 0.626. The zero-order valence-corrected chi connectivity index (χ0v) is 13.4. The first-order valence-corrected chi connectivity index (χ1v) is 7.43. The van der Waals surface area contributed by atoms with Crippen LogP contribution in [0.3, 0.4) is 0 Å². The molecule has 0 saturated carbocycles. The molecule has 2 rings (SSSR count). The Labute approximate surface area is 139 Å². The third kappa shape index (κ3) is 5.32. The highest BCUT2D eigenvalue weighted by Gasteiger charge is 2.36. The minimum atomic E-state index is -0.910. The second kappa shape index (κ2) is 8.42. The molecule has 24 heavy (non-hydrogen) atoms. The van der Waals surface area contributed by atoms with E-state index in [1.54, 1.807) is 30.3 Å². The zero-order chi connectivity index (χ0) is 17.5. The van der Waals surface area contributed by atoms with Gasteiger partial charge in [0.1, 0.15) is 12.7 Å². The monoisotopic (exact) mass is 337 g/mol. The molecule has 1 aromatic carbocycles. The van der Waals surface area contributed by atoms with Gasteiger partial charge in [-0.05, 0) is 12.1 Å². The van der Waals surface area contributed by atoms with Crippen molar-refractivity contribution in [3.63, 3.8) is 0 Å². The molecule has 1 fully saturated rings. The Balaban J connectivity index is 1.89. The fourth-order valence-corrected chi connectivity index (χ4v) is 2.20.